The average molecular weight is 224 g/mol. The Balaban J connectivity index is 1.92. The van der Waals surface area contributed by atoms with E-state index in [1.807, 2.05) is 0 Å². The molecule has 1 aliphatic heterocycles. The molecule has 1 saturated carbocycles. The van der Waals surface area contributed by atoms with E-state index in [1.165, 1.54) is 45.2 Å². The molecular formula is C14H28N2. The lowest BCUT2D eigenvalue weighted by molar-refractivity contribution is 0.0763. The van der Waals surface area contributed by atoms with Crippen molar-refractivity contribution in [1.29, 1.82) is 0 Å². The Kier molecular flexibility index (Phi) is 4.26. The molecule has 0 amide bonds. The van der Waals surface area contributed by atoms with Crippen LogP contribution in [-0.2, 0) is 0 Å². The molecule has 0 bridgehead atoms. The molecule has 0 spiro atoms. The molecule has 94 valence electrons. The van der Waals surface area contributed by atoms with Gasteiger partial charge in [0.15, 0.2) is 0 Å². The Bertz CT molecular complexity index is 213. The van der Waals surface area contributed by atoms with Crippen molar-refractivity contribution in [2.24, 2.45) is 5.92 Å². The number of hydrogen-bond acceptors (Lipinski definition) is 2. The summed E-state index contributed by atoms with van der Waals surface area (Å²) < 4.78 is 0. The summed E-state index contributed by atoms with van der Waals surface area (Å²) in [6.45, 7) is 9.56. The zero-order chi connectivity index (χ0) is 11.5. The van der Waals surface area contributed by atoms with Gasteiger partial charge < -0.3 is 5.32 Å². The van der Waals surface area contributed by atoms with E-state index >= 15 is 0 Å². The second-order valence-corrected chi connectivity index (χ2v) is 5.75. The van der Waals surface area contributed by atoms with Gasteiger partial charge in [0.1, 0.15) is 0 Å². The fourth-order valence-electron chi connectivity index (χ4n) is 3.16. The first-order chi connectivity index (χ1) is 7.76. The van der Waals surface area contributed by atoms with Crippen LogP contribution in [0.2, 0.25) is 0 Å². The first-order valence-corrected chi connectivity index (χ1v) is 7.25. The molecule has 0 aromatic heterocycles. The molecule has 3 unspecified atom stereocenters. The van der Waals surface area contributed by atoms with Crippen molar-refractivity contribution in [3.05, 3.63) is 0 Å². The van der Waals surface area contributed by atoms with Crippen LogP contribution in [0.1, 0.15) is 52.9 Å². The van der Waals surface area contributed by atoms with E-state index in [1.54, 1.807) is 0 Å². The van der Waals surface area contributed by atoms with Gasteiger partial charge in [0.05, 0.1) is 0 Å². The summed E-state index contributed by atoms with van der Waals surface area (Å²) in [5.74, 6) is 0.995. The minimum atomic E-state index is 0.775. The largest absolute Gasteiger partial charge is 0.311 e. The number of nitrogens with one attached hydrogen (secondary N) is 1. The van der Waals surface area contributed by atoms with E-state index < -0.39 is 0 Å². The van der Waals surface area contributed by atoms with Gasteiger partial charge in [-0.15, -0.1) is 0 Å². The Labute approximate surface area is 101 Å². The van der Waals surface area contributed by atoms with Crippen LogP contribution in [0, 0.1) is 5.92 Å². The van der Waals surface area contributed by atoms with Gasteiger partial charge in [-0.1, -0.05) is 20.3 Å². The zero-order valence-corrected chi connectivity index (χ0v) is 11.2. The second kappa shape index (κ2) is 5.50. The molecule has 2 rings (SSSR count). The SMILES string of the molecule is CCCC(C)N1CC(C2CC2)NCC1CC. The van der Waals surface area contributed by atoms with E-state index in [2.05, 4.69) is 31.0 Å². The molecule has 0 aromatic carbocycles. The highest BCUT2D eigenvalue weighted by Crippen LogP contribution is 2.35. The lowest BCUT2D eigenvalue weighted by Crippen LogP contribution is -2.59. The van der Waals surface area contributed by atoms with Crippen molar-refractivity contribution in [1.82, 2.24) is 10.2 Å². The van der Waals surface area contributed by atoms with Crippen LogP contribution in [0.25, 0.3) is 0 Å². The van der Waals surface area contributed by atoms with Gasteiger partial charge >= 0.3 is 0 Å². The summed E-state index contributed by atoms with van der Waals surface area (Å²) >= 11 is 0. The molecule has 16 heavy (non-hydrogen) atoms. The maximum atomic E-state index is 3.77. The summed E-state index contributed by atoms with van der Waals surface area (Å²) in [5, 5.41) is 3.77. The maximum Gasteiger partial charge on any atom is 0.0224 e. The van der Waals surface area contributed by atoms with Crippen LogP contribution in [0.15, 0.2) is 0 Å². The molecule has 1 saturated heterocycles. The van der Waals surface area contributed by atoms with Crippen LogP contribution in [0.5, 0.6) is 0 Å². The molecule has 1 heterocycles. The molecule has 2 fully saturated rings. The number of piperazine rings is 1. The van der Waals surface area contributed by atoms with Crippen LogP contribution in [0.3, 0.4) is 0 Å². The molecule has 2 nitrogen and oxygen atoms in total. The van der Waals surface area contributed by atoms with Crippen LogP contribution >= 0.6 is 0 Å². The Morgan fingerprint density at radius 2 is 2.06 bits per heavy atom. The Morgan fingerprint density at radius 3 is 2.62 bits per heavy atom. The predicted molar refractivity (Wildman–Crippen MR) is 69.7 cm³/mol. The molecule has 3 atom stereocenters. The third-order valence-corrected chi connectivity index (χ3v) is 4.43. The zero-order valence-electron chi connectivity index (χ0n) is 11.2. The van der Waals surface area contributed by atoms with E-state index in [9.17, 15) is 0 Å². The average Bonchev–Trinajstić information content (AvgIpc) is 3.12. The van der Waals surface area contributed by atoms with Gasteiger partial charge in [-0.3, -0.25) is 4.90 Å². The van der Waals surface area contributed by atoms with Gasteiger partial charge in [-0.25, -0.2) is 0 Å². The molecule has 1 aliphatic carbocycles. The summed E-state index contributed by atoms with van der Waals surface area (Å²) in [7, 11) is 0. The standard InChI is InChI=1S/C14H28N2/c1-4-6-11(3)16-10-14(12-7-8-12)15-9-13(16)5-2/h11-15H,4-10H2,1-3H3. The molecular weight excluding hydrogens is 196 g/mol. The van der Waals surface area contributed by atoms with Crippen LogP contribution < -0.4 is 5.32 Å². The third kappa shape index (κ3) is 2.78. The monoisotopic (exact) mass is 224 g/mol. The van der Waals surface area contributed by atoms with Crippen LogP contribution in [-0.4, -0.2) is 36.1 Å². The normalized spacial score (nSPS) is 33.9. The second-order valence-electron chi connectivity index (χ2n) is 5.75. The van der Waals surface area contributed by atoms with Crippen molar-refractivity contribution < 1.29 is 0 Å². The lowest BCUT2D eigenvalue weighted by Gasteiger charge is -2.43. The number of nitrogens with zero attached hydrogens (tertiary/aromatic N) is 1. The first-order valence-electron chi connectivity index (χ1n) is 7.25. The maximum absolute atomic E-state index is 3.77. The Hall–Kier alpha value is -0.0800. The van der Waals surface area contributed by atoms with Crippen molar-refractivity contribution in [3.63, 3.8) is 0 Å². The Morgan fingerprint density at radius 1 is 1.31 bits per heavy atom. The topological polar surface area (TPSA) is 15.3 Å². The number of hydrogen-bond donors (Lipinski definition) is 1. The van der Waals surface area contributed by atoms with E-state index in [0.29, 0.717) is 0 Å². The number of rotatable bonds is 5. The lowest BCUT2D eigenvalue weighted by atomic mass is 10.00. The summed E-state index contributed by atoms with van der Waals surface area (Å²) in [5.41, 5.74) is 0. The highest BCUT2D eigenvalue weighted by atomic mass is 15.3. The van der Waals surface area contributed by atoms with Gasteiger partial charge in [-0.2, -0.15) is 0 Å². The minimum absolute atomic E-state index is 0.775. The highest BCUT2D eigenvalue weighted by molar-refractivity contribution is 4.95. The molecule has 0 radical (unpaired) electrons. The van der Waals surface area contributed by atoms with E-state index in [-0.39, 0.29) is 0 Å². The highest BCUT2D eigenvalue weighted by Gasteiger charge is 2.37. The van der Waals surface area contributed by atoms with Crippen LogP contribution in [0.4, 0.5) is 0 Å². The fraction of sp³-hybridized carbons (Fsp3) is 1.00. The van der Waals surface area contributed by atoms with Crippen molar-refractivity contribution in [2.75, 3.05) is 13.1 Å². The van der Waals surface area contributed by atoms with Gasteiger partial charge in [0, 0.05) is 31.2 Å². The predicted octanol–water partition coefficient (Wildman–Crippen LogP) is 2.64. The van der Waals surface area contributed by atoms with E-state index in [0.717, 1.165) is 24.0 Å². The first kappa shape index (κ1) is 12.4. The molecule has 0 aromatic rings. The van der Waals surface area contributed by atoms with E-state index in [4.69, 9.17) is 0 Å². The van der Waals surface area contributed by atoms with Crippen molar-refractivity contribution in [3.8, 4) is 0 Å². The van der Waals surface area contributed by atoms with Crippen molar-refractivity contribution in [2.45, 2.75) is 71.0 Å². The molecule has 2 heteroatoms. The third-order valence-electron chi connectivity index (χ3n) is 4.43. The molecule has 2 aliphatic rings. The van der Waals surface area contributed by atoms with Gasteiger partial charge in [0.25, 0.3) is 0 Å². The summed E-state index contributed by atoms with van der Waals surface area (Å²) in [6, 6.07) is 2.34. The van der Waals surface area contributed by atoms with Gasteiger partial charge in [-0.05, 0) is 38.5 Å². The quantitative estimate of drug-likeness (QED) is 0.772. The van der Waals surface area contributed by atoms with Gasteiger partial charge in [0.2, 0.25) is 0 Å². The fourth-order valence-corrected chi connectivity index (χ4v) is 3.16. The smallest absolute Gasteiger partial charge is 0.0224 e. The molecule has 1 N–H and O–H groups in total. The van der Waals surface area contributed by atoms with Crippen molar-refractivity contribution >= 4 is 0 Å². The summed E-state index contributed by atoms with van der Waals surface area (Å²) in [6.07, 6.45) is 6.89. The minimum Gasteiger partial charge on any atom is -0.311 e. The summed E-state index contributed by atoms with van der Waals surface area (Å²) in [4.78, 5) is 2.78.